The van der Waals surface area contributed by atoms with Crippen LogP contribution in [0.1, 0.15) is 44.5 Å². The van der Waals surface area contributed by atoms with Gasteiger partial charge in [-0.2, -0.15) is 0 Å². The maximum absolute atomic E-state index is 2.45. The second-order valence-electron chi connectivity index (χ2n) is 6.94. The lowest BCUT2D eigenvalue weighted by atomic mass is 9.93. The van der Waals surface area contributed by atoms with Crippen LogP contribution in [-0.4, -0.2) is 0 Å². The molecule has 6 rings (SSSR count). The summed E-state index contributed by atoms with van der Waals surface area (Å²) in [5, 5.41) is 0. The fourth-order valence-corrected chi connectivity index (χ4v) is 4.68. The van der Waals surface area contributed by atoms with Crippen molar-refractivity contribution in [1.29, 1.82) is 0 Å². The van der Waals surface area contributed by atoms with E-state index in [4.69, 9.17) is 0 Å². The Kier molecular flexibility index (Phi) is 1.89. The van der Waals surface area contributed by atoms with Crippen molar-refractivity contribution in [3.8, 4) is 0 Å². The summed E-state index contributed by atoms with van der Waals surface area (Å²) in [6.45, 7) is 0. The maximum atomic E-state index is 2.45. The molecule has 0 unspecified atom stereocenters. The molecule has 0 fully saturated rings. The predicted octanol–water partition coefficient (Wildman–Crippen LogP) is 4.85. The molecule has 4 aliphatic rings. The molecule has 0 nitrogen and oxygen atoms in total. The fraction of sp³-hybridized carbons (Fsp3) is 0.182. The molecular weight excluding hydrogens is 264 g/mol. The molecule has 0 bridgehead atoms. The van der Waals surface area contributed by atoms with E-state index in [1.54, 1.807) is 22.3 Å². The standard InChI is InChI=1S/C22H16/c1-3-13-7-17-11-22-20-10-16-6-2-4-14(16)8-18(20)12-21(22)19(17)9-15(13)5-1/h1-2,5-10H,3-4,11-12H2. The van der Waals surface area contributed by atoms with Gasteiger partial charge in [-0.1, -0.05) is 36.4 Å². The first kappa shape index (κ1) is 11.3. The molecule has 0 atom stereocenters. The smallest absolute Gasteiger partial charge is 0.00105 e. The number of hydrogen-bond donors (Lipinski definition) is 0. The van der Waals surface area contributed by atoms with Crippen LogP contribution in [0.15, 0.2) is 36.4 Å². The highest BCUT2D eigenvalue weighted by Gasteiger charge is 2.31. The molecule has 0 radical (unpaired) electrons. The molecule has 104 valence electrons. The fourth-order valence-electron chi connectivity index (χ4n) is 4.68. The van der Waals surface area contributed by atoms with Gasteiger partial charge in [0, 0.05) is 0 Å². The Balaban J connectivity index is 1.53. The van der Waals surface area contributed by atoms with E-state index in [0.29, 0.717) is 0 Å². The molecular formula is C22H16. The van der Waals surface area contributed by atoms with Gasteiger partial charge in [0.2, 0.25) is 0 Å². The average Bonchev–Trinajstić information content (AvgIpc) is 3.25. The Hall–Kier alpha value is -2.34. The van der Waals surface area contributed by atoms with E-state index in [-0.39, 0.29) is 0 Å². The first-order chi connectivity index (χ1) is 10.9. The molecule has 0 heteroatoms. The number of hydrogen-bond acceptors (Lipinski definition) is 0. The lowest BCUT2D eigenvalue weighted by Crippen LogP contribution is -1.96. The van der Waals surface area contributed by atoms with E-state index in [1.807, 2.05) is 0 Å². The van der Waals surface area contributed by atoms with Gasteiger partial charge in [-0.15, -0.1) is 0 Å². The van der Waals surface area contributed by atoms with Crippen LogP contribution in [0.5, 0.6) is 0 Å². The summed E-state index contributed by atoms with van der Waals surface area (Å²) in [7, 11) is 0. The lowest BCUT2D eigenvalue weighted by Gasteiger charge is -2.11. The molecule has 0 N–H and O–H groups in total. The largest absolute Gasteiger partial charge is 0.0795 e. The number of rotatable bonds is 0. The van der Waals surface area contributed by atoms with Crippen molar-refractivity contribution in [3.05, 3.63) is 80.9 Å². The van der Waals surface area contributed by atoms with Gasteiger partial charge in [0.1, 0.15) is 0 Å². The SMILES string of the molecule is C1=Cc2cc3c(cc2C1)CC1=C3Cc2cc3c(cc21)C=CC3. The summed E-state index contributed by atoms with van der Waals surface area (Å²) < 4.78 is 0. The van der Waals surface area contributed by atoms with Crippen LogP contribution in [0.2, 0.25) is 0 Å². The van der Waals surface area contributed by atoms with Crippen LogP contribution in [0.3, 0.4) is 0 Å². The summed E-state index contributed by atoms with van der Waals surface area (Å²) in [6, 6.07) is 9.79. The third kappa shape index (κ3) is 1.29. The zero-order valence-electron chi connectivity index (χ0n) is 12.4. The Morgan fingerprint density at radius 3 is 1.55 bits per heavy atom. The summed E-state index contributed by atoms with van der Waals surface area (Å²) in [5.41, 5.74) is 15.2. The number of fused-ring (bicyclic) bond motifs is 6. The molecule has 0 aromatic heterocycles. The lowest BCUT2D eigenvalue weighted by molar-refractivity contribution is 1.20. The van der Waals surface area contributed by atoms with Gasteiger partial charge in [-0.3, -0.25) is 0 Å². The molecule has 22 heavy (non-hydrogen) atoms. The van der Waals surface area contributed by atoms with Crippen LogP contribution in [0, 0.1) is 0 Å². The van der Waals surface area contributed by atoms with Crippen molar-refractivity contribution in [2.75, 3.05) is 0 Å². The van der Waals surface area contributed by atoms with Gasteiger partial charge >= 0.3 is 0 Å². The highest BCUT2D eigenvalue weighted by molar-refractivity contribution is 6.03. The second kappa shape index (κ2) is 3.70. The van der Waals surface area contributed by atoms with Crippen LogP contribution in [-0.2, 0) is 25.7 Å². The molecule has 4 aliphatic carbocycles. The first-order valence-electron chi connectivity index (χ1n) is 8.24. The predicted molar refractivity (Wildman–Crippen MR) is 92.6 cm³/mol. The third-order valence-electron chi connectivity index (χ3n) is 5.75. The summed E-state index contributed by atoms with van der Waals surface area (Å²) in [6.07, 6.45) is 13.6. The van der Waals surface area contributed by atoms with Crippen LogP contribution in [0.25, 0.3) is 23.3 Å². The van der Waals surface area contributed by atoms with Gasteiger partial charge in [0.25, 0.3) is 0 Å². The Morgan fingerprint density at radius 2 is 1.05 bits per heavy atom. The summed E-state index contributed by atoms with van der Waals surface area (Å²) in [5.74, 6) is 0. The molecule has 0 amide bonds. The normalized spacial score (nSPS) is 18.5. The first-order valence-corrected chi connectivity index (χ1v) is 8.24. The summed E-state index contributed by atoms with van der Waals surface area (Å²) >= 11 is 0. The molecule has 0 spiro atoms. The van der Waals surface area contributed by atoms with E-state index in [1.165, 1.54) is 33.4 Å². The van der Waals surface area contributed by atoms with Crippen molar-refractivity contribution in [2.45, 2.75) is 25.7 Å². The molecule has 0 heterocycles. The van der Waals surface area contributed by atoms with E-state index in [0.717, 1.165) is 25.7 Å². The van der Waals surface area contributed by atoms with E-state index < -0.39 is 0 Å². The second-order valence-corrected chi connectivity index (χ2v) is 6.94. The van der Waals surface area contributed by atoms with Crippen LogP contribution in [0.4, 0.5) is 0 Å². The number of allylic oxidation sites excluding steroid dienone is 4. The van der Waals surface area contributed by atoms with Crippen molar-refractivity contribution >= 4 is 23.3 Å². The van der Waals surface area contributed by atoms with Gasteiger partial charge in [-0.05, 0) is 93.5 Å². The van der Waals surface area contributed by atoms with E-state index in [9.17, 15) is 0 Å². The van der Waals surface area contributed by atoms with Crippen LogP contribution >= 0.6 is 0 Å². The highest BCUT2D eigenvalue weighted by atomic mass is 14.3. The molecule has 0 saturated carbocycles. The van der Waals surface area contributed by atoms with Crippen LogP contribution < -0.4 is 0 Å². The molecule has 2 aromatic rings. The number of benzene rings is 2. The van der Waals surface area contributed by atoms with Gasteiger partial charge in [0.05, 0.1) is 0 Å². The minimum Gasteiger partial charge on any atom is -0.0795 e. The monoisotopic (exact) mass is 280 g/mol. The topological polar surface area (TPSA) is 0 Å². The quantitative estimate of drug-likeness (QED) is 0.647. The van der Waals surface area contributed by atoms with Crippen molar-refractivity contribution in [2.24, 2.45) is 0 Å². The minimum absolute atomic E-state index is 1.11. The van der Waals surface area contributed by atoms with Crippen molar-refractivity contribution in [1.82, 2.24) is 0 Å². The zero-order chi connectivity index (χ0) is 14.3. The molecule has 0 aliphatic heterocycles. The Labute approximate surface area is 130 Å². The van der Waals surface area contributed by atoms with E-state index >= 15 is 0 Å². The Morgan fingerprint density at radius 1 is 0.545 bits per heavy atom. The molecule has 0 saturated heterocycles. The maximum Gasteiger partial charge on any atom is -0.00105 e. The van der Waals surface area contributed by atoms with Crippen molar-refractivity contribution < 1.29 is 0 Å². The molecule has 2 aromatic carbocycles. The zero-order valence-corrected chi connectivity index (χ0v) is 12.4. The van der Waals surface area contributed by atoms with Crippen molar-refractivity contribution in [3.63, 3.8) is 0 Å². The minimum atomic E-state index is 1.11. The summed E-state index contributed by atoms with van der Waals surface area (Å²) in [4.78, 5) is 0. The third-order valence-corrected chi connectivity index (χ3v) is 5.75. The highest BCUT2D eigenvalue weighted by Crippen LogP contribution is 2.48. The van der Waals surface area contributed by atoms with Gasteiger partial charge in [0.15, 0.2) is 0 Å². The van der Waals surface area contributed by atoms with Gasteiger partial charge < -0.3 is 0 Å². The van der Waals surface area contributed by atoms with E-state index in [2.05, 4.69) is 48.6 Å². The average molecular weight is 280 g/mol. The Bertz CT molecular complexity index is 885. The van der Waals surface area contributed by atoms with Gasteiger partial charge in [-0.25, -0.2) is 0 Å².